The van der Waals surface area contributed by atoms with Gasteiger partial charge in [0.2, 0.25) is 5.91 Å². The normalized spacial score (nSPS) is 17.8. The third-order valence-corrected chi connectivity index (χ3v) is 4.83. The molecule has 26 heavy (non-hydrogen) atoms. The summed E-state index contributed by atoms with van der Waals surface area (Å²) in [6, 6.07) is 14.1. The molecule has 2 aromatic carbocycles. The Morgan fingerprint density at radius 2 is 2.00 bits per heavy atom. The van der Waals surface area contributed by atoms with Gasteiger partial charge >= 0.3 is 6.03 Å². The van der Waals surface area contributed by atoms with Crippen molar-refractivity contribution < 1.29 is 9.59 Å². The maximum Gasteiger partial charge on any atom is 0.319 e. The fourth-order valence-electron chi connectivity index (χ4n) is 3.07. The molecule has 0 radical (unpaired) electrons. The van der Waals surface area contributed by atoms with Gasteiger partial charge in [-0.2, -0.15) is 0 Å². The van der Waals surface area contributed by atoms with Crippen molar-refractivity contribution in [2.45, 2.75) is 25.4 Å². The van der Waals surface area contributed by atoms with Crippen LogP contribution in [0.15, 0.2) is 48.5 Å². The summed E-state index contributed by atoms with van der Waals surface area (Å²) in [6.45, 7) is 2.47. The minimum Gasteiger partial charge on any atom is -0.398 e. The molecule has 2 aromatic rings. The first-order chi connectivity index (χ1) is 12.4. The number of likely N-dealkylation sites (tertiary alicyclic amines) is 1. The van der Waals surface area contributed by atoms with E-state index in [2.05, 4.69) is 10.6 Å². The molecule has 1 fully saturated rings. The van der Waals surface area contributed by atoms with Crippen LogP contribution in [0.2, 0.25) is 5.02 Å². The van der Waals surface area contributed by atoms with Crippen LogP contribution in [0.5, 0.6) is 0 Å². The maximum absolute atomic E-state index is 12.3. The molecule has 136 valence electrons. The van der Waals surface area contributed by atoms with Crippen LogP contribution in [0.3, 0.4) is 0 Å². The Morgan fingerprint density at radius 1 is 1.27 bits per heavy atom. The van der Waals surface area contributed by atoms with Crippen molar-refractivity contribution in [1.29, 1.82) is 0 Å². The van der Waals surface area contributed by atoms with E-state index < -0.39 is 0 Å². The highest BCUT2D eigenvalue weighted by molar-refractivity contribution is 6.33. The molecule has 7 heteroatoms. The van der Waals surface area contributed by atoms with Crippen LogP contribution in [0, 0.1) is 0 Å². The Bertz CT molecular complexity index is 812. The molecular weight excluding hydrogens is 352 g/mol. The lowest BCUT2D eigenvalue weighted by Gasteiger charge is -2.25. The summed E-state index contributed by atoms with van der Waals surface area (Å²) in [5, 5.41) is 5.93. The lowest BCUT2D eigenvalue weighted by atomic mass is 10.1. The molecule has 3 amide bonds. The van der Waals surface area contributed by atoms with Gasteiger partial charge < -0.3 is 21.3 Å². The van der Waals surface area contributed by atoms with Crippen LogP contribution in [-0.4, -0.2) is 29.4 Å². The first-order valence-corrected chi connectivity index (χ1v) is 8.79. The second-order valence-electron chi connectivity index (χ2n) is 6.37. The molecule has 0 saturated carbocycles. The van der Waals surface area contributed by atoms with E-state index in [-0.39, 0.29) is 30.4 Å². The summed E-state index contributed by atoms with van der Waals surface area (Å²) in [5.41, 5.74) is 7.72. The quantitative estimate of drug-likeness (QED) is 0.719. The minimum absolute atomic E-state index is 0.0298. The topological polar surface area (TPSA) is 87.5 Å². The van der Waals surface area contributed by atoms with Crippen molar-refractivity contribution in [1.82, 2.24) is 10.2 Å². The molecule has 2 unspecified atom stereocenters. The van der Waals surface area contributed by atoms with E-state index in [1.54, 1.807) is 23.1 Å². The summed E-state index contributed by atoms with van der Waals surface area (Å²) in [4.78, 5) is 26.3. The largest absolute Gasteiger partial charge is 0.398 e. The number of carbonyl (C=O) groups excluding carboxylic acids is 2. The van der Waals surface area contributed by atoms with Crippen molar-refractivity contribution in [2.75, 3.05) is 17.6 Å². The van der Waals surface area contributed by atoms with Crippen molar-refractivity contribution >= 4 is 34.9 Å². The summed E-state index contributed by atoms with van der Waals surface area (Å²) < 4.78 is 0. The van der Waals surface area contributed by atoms with Gasteiger partial charge in [-0.25, -0.2) is 4.79 Å². The first-order valence-electron chi connectivity index (χ1n) is 8.41. The van der Waals surface area contributed by atoms with Gasteiger partial charge in [0.05, 0.1) is 22.8 Å². The molecule has 1 saturated heterocycles. The van der Waals surface area contributed by atoms with Crippen molar-refractivity contribution in [2.24, 2.45) is 0 Å². The molecule has 0 spiro atoms. The number of hydrogen-bond donors (Lipinski definition) is 3. The number of nitrogens with one attached hydrogen (secondary N) is 2. The second-order valence-corrected chi connectivity index (χ2v) is 6.78. The van der Waals surface area contributed by atoms with E-state index in [1.807, 2.05) is 37.3 Å². The number of nitrogens with zero attached hydrogens (tertiary/aromatic N) is 1. The zero-order valence-electron chi connectivity index (χ0n) is 14.4. The second kappa shape index (κ2) is 7.66. The Labute approximate surface area is 157 Å². The van der Waals surface area contributed by atoms with Crippen LogP contribution in [-0.2, 0) is 4.79 Å². The van der Waals surface area contributed by atoms with Gasteiger partial charge in [0.1, 0.15) is 0 Å². The Hall–Kier alpha value is -2.73. The van der Waals surface area contributed by atoms with E-state index in [0.717, 1.165) is 5.56 Å². The highest BCUT2D eigenvalue weighted by Gasteiger charge is 2.33. The predicted molar refractivity (Wildman–Crippen MR) is 103 cm³/mol. The Morgan fingerprint density at radius 3 is 2.69 bits per heavy atom. The average molecular weight is 373 g/mol. The van der Waals surface area contributed by atoms with Gasteiger partial charge in [0.15, 0.2) is 0 Å². The monoisotopic (exact) mass is 372 g/mol. The SMILES string of the molecule is CC(c1ccccc1)N1CC(NC(=O)Nc2ccc(N)c(Cl)c2)CC1=O. The van der Waals surface area contributed by atoms with E-state index in [1.165, 1.54) is 0 Å². The predicted octanol–water partition coefficient (Wildman–Crippen LogP) is 3.41. The van der Waals surface area contributed by atoms with Gasteiger partial charge in [-0.3, -0.25) is 4.79 Å². The number of anilines is 2. The number of rotatable bonds is 4. The van der Waals surface area contributed by atoms with Crippen molar-refractivity contribution in [3.63, 3.8) is 0 Å². The van der Waals surface area contributed by atoms with E-state index >= 15 is 0 Å². The summed E-state index contributed by atoms with van der Waals surface area (Å²) in [7, 11) is 0. The number of urea groups is 1. The molecular formula is C19H21ClN4O2. The summed E-state index contributed by atoms with van der Waals surface area (Å²) in [5.74, 6) is 0.0298. The van der Waals surface area contributed by atoms with Crippen LogP contribution >= 0.6 is 11.6 Å². The molecule has 1 aliphatic rings. The molecule has 0 aromatic heterocycles. The van der Waals surface area contributed by atoms with E-state index in [4.69, 9.17) is 17.3 Å². The minimum atomic E-state index is -0.377. The zero-order chi connectivity index (χ0) is 18.7. The van der Waals surface area contributed by atoms with Crippen molar-refractivity contribution in [3.05, 3.63) is 59.1 Å². The van der Waals surface area contributed by atoms with E-state index in [0.29, 0.717) is 22.9 Å². The summed E-state index contributed by atoms with van der Waals surface area (Å²) >= 11 is 5.95. The fraction of sp³-hybridized carbons (Fsp3) is 0.263. The Kier molecular flexibility index (Phi) is 5.32. The molecule has 0 aliphatic carbocycles. The standard InChI is InChI=1S/C19H21ClN4O2/c1-12(13-5-3-2-4-6-13)24-11-15(10-18(24)25)23-19(26)22-14-7-8-17(21)16(20)9-14/h2-9,12,15H,10-11,21H2,1H3,(H2,22,23,26). The number of hydrogen-bond acceptors (Lipinski definition) is 3. The number of amides is 3. The molecule has 6 nitrogen and oxygen atoms in total. The van der Waals surface area contributed by atoms with Gasteiger partial charge in [0, 0.05) is 18.7 Å². The molecule has 3 rings (SSSR count). The van der Waals surface area contributed by atoms with Gasteiger partial charge in [0.25, 0.3) is 0 Å². The fourth-order valence-corrected chi connectivity index (χ4v) is 3.25. The average Bonchev–Trinajstić information content (AvgIpc) is 2.98. The molecule has 2 atom stereocenters. The maximum atomic E-state index is 12.3. The highest BCUT2D eigenvalue weighted by Crippen LogP contribution is 2.26. The smallest absolute Gasteiger partial charge is 0.319 e. The number of carbonyl (C=O) groups is 2. The van der Waals surface area contributed by atoms with Gasteiger partial charge in [-0.15, -0.1) is 0 Å². The number of halogens is 1. The first kappa shape index (κ1) is 18.1. The lowest BCUT2D eigenvalue weighted by molar-refractivity contribution is -0.129. The Balaban J connectivity index is 1.58. The van der Waals surface area contributed by atoms with Crippen LogP contribution in [0.4, 0.5) is 16.2 Å². The third kappa shape index (κ3) is 4.08. The molecule has 1 heterocycles. The van der Waals surface area contributed by atoms with Crippen LogP contribution in [0.1, 0.15) is 24.9 Å². The van der Waals surface area contributed by atoms with Crippen LogP contribution in [0.25, 0.3) is 0 Å². The van der Waals surface area contributed by atoms with E-state index in [9.17, 15) is 9.59 Å². The lowest BCUT2D eigenvalue weighted by Crippen LogP contribution is -2.40. The molecule has 0 bridgehead atoms. The highest BCUT2D eigenvalue weighted by atomic mass is 35.5. The molecule has 1 aliphatic heterocycles. The van der Waals surface area contributed by atoms with Gasteiger partial charge in [-0.05, 0) is 30.7 Å². The number of nitrogen functional groups attached to an aromatic ring is 1. The third-order valence-electron chi connectivity index (χ3n) is 4.50. The summed E-state index contributed by atoms with van der Waals surface area (Å²) in [6.07, 6.45) is 0.285. The number of benzene rings is 2. The molecule has 4 N–H and O–H groups in total. The van der Waals surface area contributed by atoms with Crippen molar-refractivity contribution in [3.8, 4) is 0 Å². The van der Waals surface area contributed by atoms with Crippen LogP contribution < -0.4 is 16.4 Å². The number of nitrogens with two attached hydrogens (primary N) is 1. The zero-order valence-corrected chi connectivity index (χ0v) is 15.2. The van der Waals surface area contributed by atoms with Gasteiger partial charge in [-0.1, -0.05) is 41.9 Å².